The molecule has 0 atom stereocenters. The van der Waals surface area contributed by atoms with E-state index >= 15 is 0 Å². The third-order valence-electron chi connectivity index (χ3n) is 4.10. The van der Waals surface area contributed by atoms with Crippen molar-refractivity contribution in [1.82, 2.24) is 4.98 Å². The maximum absolute atomic E-state index is 5.73. The van der Waals surface area contributed by atoms with E-state index < -0.39 is 0 Å². The molecule has 0 bridgehead atoms. The fourth-order valence-corrected chi connectivity index (χ4v) is 4.07. The molecular weight excluding hydrogens is 324 g/mol. The Labute approximate surface area is 147 Å². The van der Waals surface area contributed by atoms with Crippen LogP contribution in [0.3, 0.4) is 0 Å². The molecule has 0 aliphatic carbocycles. The molecule has 124 valence electrons. The molecule has 0 saturated carbocycles. The number of nitrogens with zero attached hydrogens (tertiary/aromatic N) is 2. The van der Waals surface area contributed by atoms with Gasteiger partial charge in [-0.2, -0.15) is 0 Å². The van der Waals surface area contributed by atoms with E-state index in [-0.39, 0.29) is 5.41 Å². The van der Waals surface area contributed by atoms with Crippen molar-refractivity contribution in [2.75, 3.05) is 23.3 Å². The molecule has 23 heavy (non-hydrogen) atoms. The van der Waals surface area contributed by atoms with E-state index in [1.54, 1.807) is 11.3 Å². The second kappa shape index (κ2) is 6.24. The van der Waals surface area contributed by atoms with Crippen molar-refractivity contribution in [3.63, 3.8) is 0 Å². The number of thiocarbonyl (C=S) groups is 1. The third kappa shape index (κ3) is 3.58. The van der Waals surface area contributed by atoms with E-state index in [0.717, 1.165) is 35.0 Å². The number of aromatic nitrogens is 1. The van der Waals surface area contributed by atoms with Gasteiger partial charge in [-0.3, -0.25) is 0 Å². The van der Waals surface area contributed by atoms with Crippen molar-refractivity contribution >= 4 is 50.3 Å². The van der Waals surface area contributed by atoms with Gasteiger partial charge < -0.3 is 16.0 Å². The fourth-order valence-electron chi connectivity index (χ4n) is 2.91. The van der Waals surface area contributed by atoms with Crippen LogP contribution in [0.25, 0.3) is 10.2 Å². The highest BCUT2D eigenvalue weighted by atomic mass is 32.1. The van der Waals surface area contributed by atoms with Crippen LogP contribution in [-0.2, 0) is 5.41 Å². The van der Waals surface area contributed by atoms with Crippen molar-refractivity contribution in [1.29, 1.82) is 0 Å². The summed E-state index contributed by atoms with van der Waals surface area (Å²) in [6, 6.07) is 4.33. The number of piperidine rings is 1. The summed E-state index contributed by atoms with van der Waals surface area (Å²) in [5, 5.41) is 4.62. The van der Waals surface area contributed by atoms with Crippen LogP contribution in [0, 0.1) is 0 Å². The normalized spacial score (nSPS) is 15.9. The highest BCUT2D eigenvalue weighted by Gasteiger charge is 2.21. The van der Waals surface area contributed by atoms with Crippen molar-refractivity contribution in [3.8, 4) is 0 Å². The highest BCUT2D eigenvalue weighted by molar-refractivity contribution is 7.80. The lowest BCUT2D eigenvalue weighted by atomic mass is 9.98. The molecule has 0 unspecified atom stereocenters. The first-order valence-electron chi connectivity index (χ1n) is 8.11. The van der Waals surface area contributed by atoms with Crippen LogP contribution < -0.4 is 16.0 Å². The Morgan fingerprint density at radius 3 is 2.57 bits per heavy atom. The predicted molar refractivity (Wildman–Crippen MR) is 105 cm³/mol. The van der Waals surface area contributed by atoms with Crippen LogP contribution in [0.2, 0.25) is 0 Å². The van der Waals surface area contributed by atoms with Gasteiger partial charge in [0.25, 0.3) is 0 Å². The number of anilines is 2. The average Bonchev–Trinajstić information content (AvgIpc) is 2.90. The van der Waals surface area contributed by atoms with Crippen LogP contribution in [0.4, 0.5) is 11.4 Å². The summed E-state index contributed by atoms with van der Waals surface area (Å²) in [4.78, 5) is 7.28. The highest BCUT2D eigenvalue weighted by Crippen LogP contribution is 2.38. The van der Waals surface area contributed by atoms with Gasteiger partial charge in [-0.05, 0) is 43.6 Å². The quantitative estimate of drug-likeness (QED) is 0.795. The minimum absolute atomic E-state index is 0.0612. The third-order valence-corrected chi connectivity index (χ3v) is 5.65. The first-order valence-corrected chi connectivity index (χ1v) is 9.33. The molecule has 3 rings (SSSR count). The Morgan fingerprint density at radius 1 is 1.26 bits per heavy atom. The standard InChI is InChI=1S/C17H24N4S2/c1-17(2,3)15-19-12-9-13(21-7-5-4-6-8-21)11(20-16(18)22)10-14(12)23-15/h9-10H,4-8H2,1-3H3,(H3,18,20,22). The minimum Gasteiger partial charge on any atom is -0.376 e. The first kappa shape index (κ1) is 16.5. The maximum Gasteiger partial charge on any atom is 0.168 e. The molecule has 6 heteroatoms. The van der Waals surface area contributed by atoms with Gasteiger partial charge in [-0.15, -0.1) is 11.3 Å². The Morgan fingerprint density at radius 2 is 1.96 bits per heavy atom. The van der Waals surface area contributed by atoms with E-state index in [2.05, 4.69) is 43.1 Å². The van der Waals surface area contributed by atoms with Crippen molar-refractivity contribution < 1.29 is 0 Å². The van der Waals surface area contributed by atoms with E-state index in [4.69, 9.17) is 22.9 Å². The lowest BCUT2D eigenvalue weighted by Crippen LogP contribution is -2.31. The summed E-state index contributed by atoms with van der Waals surface area (Å²) >= 11 is 6.81. The van der Waals surface area contributed by atoms with Crippen molar-refractivity contribution in [2.24, 2.45) is 5.73 Å². The average molecular weight is 349 g/mol. The molecule has 3 N–H and O–H groups in total. The summed E-state index contributed by atoms with van der Waals surface area (Å²) in [6.45, 7) is 8.75. The summed E-state index contributed by atoms with van der Waals surface area (Å²) in [7, 11) is 0. The number of nitrogens with two attached hydrogens (primary N) is 1. The number of hydrogen-bond donors (Lipinski definition) is 2. The predicted octanol–water partition coefficient (Wildman–Crippen LogP) is 4.24. The Bertz CT molecular complexity index is 724. The summed E-state index contributed by atoms with van der Waals surface area (Å²) in [6.07, 6.45) is 3.77. The van der Waals surface area contributed by atoms with E-state index in [1.165, 1.54) is 24.0 Å². The smallest absolute Gasteiger partial charge is 0.168 e. The molecule has 2 heterocycles. The number of rotatable bonds is 2. The lowest BCUT2D eigenvalue weighted by molar-refractivity contribution is 0.578. The Balaban J connectivity index is 2.09. The molecule has 0 amide bonds. The molecule has 4 nitrogen and oxygen atoms in total. The van der Waals surface area contributed by atoms with E-state index in [9.17, 15) is 0 Å². The zero-order valence-corrected chi connectivity index (χ0v) is 15.6. The zero-order valence-electron chi connectivity index (χ0n) is 14.0. The molecule has 1 saturated heterocycles. The molecule has 0 radical (unpaired) electrons. The molecular formula is C17H24N4S2. The molecule has 1 aromatic heterocycles. The SMILES string of the molecule is CC(C)(C)c1nc2cc(N3CCCCC3)c(NC(N)=S)cc2s1. The summed E-state index contributed by atoms with van der Waals surface area (Å²) < 4.78 is 1.18. The van der Waals surface area contributed by atoms with Gasteiger partial charge in [0.1, 0.15) is 0 Å². The number of benzene rings is 1. The fraction of sp³-hybridized carbons (Fsp3) is 0.529. The van der Waals surface area contributed by atoms with Crippen LogP contribution in [0.5, 0.6) is 0 Å². The Kier molecular flexibility index (Phi) is 4.47. The van der Waals surface area contributed by atoms with Gasteiger partial charge in [-0.1, -0.05) is 20.8 Å². The first-order chi connectivity index (χ1) is 10.8. The van der Waals surface area contributed by atoms with Gasteiger partial charge in [0.2, 0.25) is 0 Å². The zero-order chi connectivity index (χ0) is 16.6. The molecule has 1 aliphatic rings. The summed E-state index contributed by atoms with van der Waals surface area (Å²) in [5.74, 6) is 0. The topological polar surface area (TPSA) is 54.2 Å². The summed E-state index contributed by atoms with van der Waals surface area (Å²) in [5.41, 5.74) is 9.02. The second-order valence-electron chi connectivity index (χ2n) is 7.14. The minimum atomic E-state index is 0.0612. The van der Waals surface area contributed by atoms with Crippen LogP contribution >= 0.6 is 23.6 Å². The molecule has 1 fully saturated rings. The number of fused-ring (bicyclic) bond motifs is 1. The van der Waals surface area contributed by atoms with Crippen LogP contribution in [-0.4, -0.2) is 23.2 Å². The largest absolute Gasteiger partial charge is 0.376 e. The van der Waals surface area contributed by atoms with Crippen molar-refractivity contribution in [3.05, 3.63) is 17.1 Å². The number of hydrogen-bond acceptors (Lipinski definition) is 4. The van der Waals surface area contributed by atoms with Crippen molar-refractivity contribution in [2.45, 2.75) is 45.4 Å². The maximum atomic E-state index is 5.73. The van der Waals surface area contributed by atoms with Gasteiger partial charge >= 0.3 is 0 Å². The van der Waals surface area contributed by atoms with Gasteiger partial charge in [0.15, 0.2) is 5.11 Å². The monoisotopic (exact) mass is 348 g/mol. The second-order valence-corrected chi connectivity index (χ2v) is 8.61. The molecule has 0 spiro atoms. The van der Waals surface area contributed by atoms with Gasteiger partial charge in [0.05, 0.1) is 26.6 Å². The number of nitrogens with one attached hydrogen (secondary N) is 1. The van der Waals surface area contributed by atoms with Crippen LogP contribution in [0.1, 0.15) is 45.0 Å². The van der Waals surface area contributed by atoms with Gasteiger partial charge in [-0.25, -0.2) is 4.98 Å². The Hall–Kier alpha value is -1.40. The van der Waals surface area contributed by atoms with E-state index in [0.29, 0.717) is 5.11 Å². The molecule has 1 aromatic carbocycles. The van der Waals surface area contributed by atoms with E-state index in [1.807, 2.05) is 0 Å². The number of thiazole rings is 1. The molecule has 1 aliphatic heterocycles. The van der Waals surface area contributed by atoms with Crippen LogP contribution in [0.15, 0.2) is 12.1 Å². The van der Waals surface area contributed by atoms with Gasteiger partial charge in [0, 0.05) is 18.5 Å². The lowest BCUT2D eigenvalue weighted by Gasteiger charge is -2.30. The molecule has 2 aromatic rings.